The van der Waals surface area contributed by atoms with Crippen LogP contribution in [0.5, 0.6) is 0 Å². The number of hydrogen-bond donors (Lipinski definition) is 1. The fraction of sp³-hybridized carbons (Fsp3) is 0.400. The van der Waals surface area contributed by atoms with E-state index in [2.05, 4.69) is 22.9 Å². The fourth-order valence-electron chi connectivity index (χ4n) is 1.27. The average Bonchev–Trinajstić information content (AvgIpc) is 2.10. The van der Waals surface area contributed by atoms with Crippen molar-refractivity contribution >= 4 is 27.5 Å². The number of halogens is 2. The second kappa shape index (κ2) is 4.99. The quantitative estimate of drug-likeness (QED) is 0.878. The van der Waals surface area contributed by atoms with E-state index in [-0.39, 0.29) is 6.04 Å². The summed E-state index contributed by atoms with van der Waals surface area (Å²) in [5.74, 6) is 0. The van der Waals surface area contributed by atoms with Gasteiger partial charge in [0.15, 0.2) is 0 Å². The Morgan fingerprint density at radius 2 is 2.23 bits per heavy atom. The summed E-state index contributed by atoms with van der Waals surface area (Å²) in [4.78, 5) is 0. The maximum absolute atomic E-state index is 5.99. The normalized spacial score (nSPS) is 12.9. The molecule has 1 rings (SSSR count). The van der Waals surface area contributed by atoms with Gasteiger partial charge >= 0.3 is 0 Å². The Hall–Kier alpha value is -0.0500. The topological polar surface area (TPSA) is 26.0 Å². The van der Waals surface area contributed by atoms with Crippen molar-refractivity contribution in [3.05, 3.63) is 33.3 Å². The van der Waals surface area contributed by atoms with E-state index in [1.807, 2.05) is 18.2 Å². The molecule has 1 aromatic rings. The molecule has 1 nitrogen and oxygen atoms in total. The van der Waals surface area contributed by atoms with Crippen molar-refractivity contribution in [3.63, 3.8) is 0 Å². The van der Waals surface area contributed by atoms with E-state index in [4.69, 9.17) is 17.3 Å². The molecule has 0 aromatic heterocycles. The minimum atomic E-state index is 0.0816. The van der Waals surface area contributed by atoms with E-state index in [0.717, 1.165) is 27.9 Å². The highest BCUT2D eigenvalue weighted by Crippen LogP contribution is 2.30. The first kappa shape index (κ1) is 11.0. The van der Waals surface area contributed by atoms with Crippen molar-refractivity contribution < 1.29 is 0 Å². The standard InChI is InChI=1S/C10H13BrClN/c1-2-4-9(13)7-5-3-6-8(12)10(7)11/h3,5-6,9H,2,4,13H2,1H3/t9-/m1/s1. The lowest BCUT2D eigenvalue weighted by atomic mass is 10.0. The smallest absolute Gasteiger partial charge is 0.0551 e. The molecule has 0 amide bonds. The Balaban J connectivity index is 2.93. The van der Waals surface area contributed by atoms with Gasteiger partial charge in [0.2, 0.25) is 0 Å². The summed E-state index contributed by atoms with van der Waals surface area (Å²) in [7, 11) is 0. The molecule has 1 aromatic carbocycles. The molecule has 1 atom stereocenters. The third kappa shape index (κ3) is 2.70. The number of nitrogens with two attached hydrogens (primary N) is 1. The first-order chi connectivity index (χ1) is 6.16. The molecule has 0 aliphatic carbocycles. The molecular formula is C10H13BrClN. The van der Waals surface area contributed by atoms with Crippen LogP contribution in [0.1, 0.15) is 31.4 Å². The predicted octanol–water partition coefficient (Wildman–Crippen LogP) is 3.90. The Morgan fingerprint density at radius 3 is 2.85 bits per heavy atom. The first-order valence-corrected chi connectivity index (χ1v) is 5.53. The highest BCUT2D eigenvalue weighted by molar-refractivity contribution is 9.10. The number of benzene rings is 1. The van der Waals surface area contributed by atoms with E-state index in [1.54, 1.807) is 0 Å². The van der Waals surface area contributed by atoms with Gasteiger partial charge < -0.3 is 5.73 Å². The summed E-state index contributed by atoms with van der Waals surface area (Å²) in [5, 5.41) is 0.726. The van der Waals surface area contributed by atoms with Gasteiger partial charge in [0.25, 0.3) is 0 Å². The molecule has 72 valence electrons. The highest BCUT2D eigenvalue weighted by Gasteiger charge is 2.10. The lowest BCUT2D eigenvalue weighted by Gasteiger charge is -2.13. The lowest BCUT2D eigenvalue weighted by molar-refractivity contribution is 0.636. The molecule has 0 heterocycles. The Bertz CT molecular complexity index is 288. The molecule has 2 N–H and O–H groups in total. The molecule has 0 unspecified atom stereocenters. The second-order valence-electron chi connectivity index (χ2n) is 3.04. The molecular weight excluding hydrogens is 249 g/mol. The monoisotopic (exact) mass is 261 g/mol. The molecule has 0 fully saturated rings. The van der Waals surface area contributed by atoms with Gasteiger partial charge in [-0.2, -0.15) is 0 Å². The summed E-state index contributed by atoms with van der Waals surface area (Å²) in [6.07, 6.45) is 2.07. The van der Waals surface area contributed by atoms with Gasteiger partial charge in [0.05, 0.1) is 5.02 Å². The van der Waals surface area contributed by atoms with Crippen molar-refractivity contribution in [2.45, 2.75) is 25.8 Å². The van der Waals surface area contributed by atoms with Crippen LogP contribution in [0, 0.1) is 0 Å². The third-order valence-electron chi connectivity index (χ3n) is 1.98. The second-order valence-corrected chi connectivity index (χ2v) is 4.24. The summed E-state index contributed by atoms with van der Waals surface area (Å²) in [6.45, 7) is 2.12. The van der Waals surface area contributed by atoms with E-state index in [1.165, 1.54) is 0 Å². The van der Waals surface area contributed by atoms with E-state index < -0.39 is 0 Å². The van der Waals surface area contributed by atoms with Crippen molar-refractivity contribution in [2.24, 2.45) is 5.73 Å². The molecule has 0 saturated heterocycles. The molecule has 13 heavy (non-hydrogen) atoms. The van der Waals surface area contributed by atoms with Crippen LogP contribution < -0.4 is 5.73 Å². The molecule has 0 bridgehead atoms. The van der Waals surface area contributed by atoms with E-state index >= 15 is 0 Å². The van der Waals surface area contributed by atoms with Crippen LogP contribution in [0.25, 0.3) is 0 Å². The number of rotatable bonds is 3. The highest BCUT2D eigenvalue weighted by atomic mass is 79.9. The molecule has 0 radical (unpaired) electrons. The van der Waals surface area contributed by atoms with Gasteiger partial charge in [-0.3, -0.25) is 0 Å². The lowest BCUT2D eigenvalue weighted by Crippen LogP contribution is -2.10. The van der Waals surface area contributed by atoms with E-state index in [0.29, 0.717) is 0 Å². The number of hydrogen-bond acceptors (Lipinski definition) is 1. The summed E-state index contributed by atoms with van der Waals surface area (Å²) < 4.78 is 0.928. The van der Waals surface area contributed by atoms with Crippen molar-refractivity contribution in [2.75, 3.05) is 0 Å². The first-order valence-electron chi connectivity index (χ1n) is 4.36. The van der Waals surface area contributed by atoms with Crippen LogP contribution in [-0.4, -0.2) is 0 Å². The van der Waals surface area contributed by atoms with Crippen LogP contribution in [-0.2, 0) is 0 Å². The fourth-order valence-corrected chi connectivity index (χ4v) is 2.01. The molecule has 0 saturated carbocycles. The van der Waals surface area contributed by atoms with Crippen LogP contribution in [0.15, 0.2) is 22.7 Å². The zero-order chi connectivity index (χ0) is 9.84. The Morgan fingerprint density at radius 1 is 1.54 bits per heavy atom. The Labute approximate surface area is 92.4 Å². The van der Waals surface area contributed by atoms with Gasteiger partial charge in [-0.1, -0.05) is 37.1 Å². The van der Waals surface area contributed by atoms with Crippen LogP contribution in [0.4, 0.5) is 0 Å². The summed E-state index contributed by atoms with van der Waals surface area (Å²) >= 11 is 9.39. The average molecular weight is 263 g/mol. The summed E-state index contributed by atoms with van der Waals surface area (Å²) in [5.41, 5.74) is 7.08. The molecule has 0 spiro atoms. The zero-order valence-corrected chi connectivity index (χ0v) is 9.90. The van der Waals surface area contributed by atoms with Gasteiger partial charge in [-0.05, 0) is 34.0 Å². The minimum absolute atomic E-state index is 0.0816. The third-order valence-corrected chi connectivity index (χ3v) is 3.41. The van der Waals surface area contributed by atoms with Crippen molar-refractivity contribution in [1.29, 1.82) is 0 Å². The van der Waals surface area contributed by atoms with Crippen LogP contribution >= 0.6 is 27.5 Å². The largest absolute Gasteiger partial charge is 0.324 e. The van der Waals surface area contributed by atoms with Gasteiger partial charge in [0, 0.05) is 10.5 Å². The minimum Gasteiger partial charge on any atom is -0.324 e. The predicted molar refractivity (Wildman–Crippen MR) is 61.0 cm³/mol. The van der Waals surface area contributed by atoms with Gasteiger partial charge in [-0.25, -0.2) is 0 Å². The van der Waals surface area contributed by atoms with Crippen molar-refractivity contribution in [1.82, 2.24) is 0 Å². The van der Waals surface area contributed by atoms with Gasteiger partial charge in [0.1, 0.15) is 0 Å². The van der Waals surface area contributed by atoms with Crippen molar-refractivity contribution in [3.8, 4) is 0 Å². The molecule has 0 aliphatic rings. The molecule has 3 heteroatoms. The SMILES string of the molecule is CCC[C@@H](N)c1cccc(Cl)c1Br. The summed E-state index contributed by atoms with van der Waals surface area (Å²) in [6, 6.07) is 5.88. The molecule has 0 aliphatic heterocycles. The maximum atomic E-state index is 5.99. The maximum Gasteiger partial charge on any atom is 0.0551 e. The van der Waals surface area contributed by atoms with Gasteiger partial charge in [-0.15, -0.1) is 0 Å². The van der Waals surface area contributed by atoms with Crippen LogP contribution in [0.3, 0.4) is 0 Å². The zero-order valence-electron chi connectivity index (χ0n) is 7.56. The Kier molecular flexibility index (Phi) is 4.23. The van der Waals surface area contributed by atoms with E-state index in [9.17, 15) is 0 Å². The van der Waals surface area contributed by atoms with Crippen LogP contribution in [0.2, 0.25) is 5.02 Å².